The van der Waals surface area contributed by atoms with Crippen LogP contribution in [0.3, 0.4) is 0 Å². The van der Waals surface area contributed by atoms with Crippen LogP contribution in [0.1, 0.15) is 39.5 Å². The highest BCUT2D eigenvalue weighted by atomic mass is 16.1. The summed E-state index contributed by atoms with van der Waals surface area (Å²) in [6.45, 7) is 8.94. The van der Waals surface area contributed by atoms with Gasteiger partial charge < -0.3 is 20.9 Å². The van der Waals surface area contributed by atoms with Gasteiger partial charge in [0.1, 0.15) is 5.54 Å². The molecule has 0 spiro atoms. The minimum atomic E-state index is -0.524. The summed E-state index contributed by atoms with van der Waals surface area (Å²) in [6.07, 6.45) is 4.38. The van der Waals surface area contributed by atoms with Crippen LogP contribution in [0.25, 0.3) is 0 Å². The van der Waals surface area contributed by atoms with Gasteiger partial charge in [0.2, 0.25) is 5.91 Å². The summed E-state index contributed by atoms with van der Waals surface area (Å²) in [5, 5.41) is 3.48. The predicted molar refractivity (Wildman–Crippen MR) is 88.2 cm³/mol. The molecule has 1 aliphatic rings. The summed E-state index contributed by atoms with van der Waals surface area (Å²) in [7, 11) is 4.19. The van der Waals surface area contributed by atoms with E-state index in [2.05, 4.69) is 43.1 Å². The highest BCUT2D eigenvalue weighted by Gasteiger charge is 2.50. The zero-order chi connectivity index (χ0) is 15.9. The molecule has 0 aromatic carbocycles. The first-order valence-electron chi connectivity index (χ1n) is 8.38. The Labute approximate surface area is 130 Å². The highest BCUT2D eigenvalue weighted by Crippen LogP contribution is 2.40. The van der Waals surface area contributed by atoms with Gasteiger partial charge in [0.05, 0.1) is 0 Å². The van der Waals surface area contributed by atoms with Crippen LogP contribution in [-0.4, -0.2) is 68.1 Å². The lowest BCUT2D eigenvalue weighted by Gasteiger charge is -2.37. The van der Waals surface area contributed by atoms with Crippen molar-refractivity contribution in [2.75, 3.05) is 46.8 Å². The Balaban J connectivity index is 2.66. The van der Waals surface area contributed by atoms with E-state index < -0.39 is 5.54 Å². The zero-order valence-electron chi connectivity index (χ0n) is 14.3. The van der Waals surface area contributed by atoms with Crippen molar-refractivity contribution in [1.29, 1.82) is 0 Å². The third-order valence-electron chi connectivity index (χ3n) is 4.40. The molecule has 5 heteroatoms. The Morgan fingerprint density at radius 1 is 1.29 bits per heavy atom. The molecule has 3 N–H and O–H groups in total. The van der Waals surface area contributed by atoms with Crippen LogP contribution in [-0.2, 0) is 4.79 Å². The molecule has 0 bridgehead atoms. The van der Waals surface area contributed by atoms with E-state index >= 15 is 0 Å². The van der Waals surface area contributed by atoms with Crippen LogP contribution in [0.15, 0.2) is 0 Å². The molecule has 0 aromatic heterocycles. The number of amides is 1. The Hall–Kier alpha value is -0.650. The van der Waals surface area contributed by atoms with Gasteiger partial charge in [-0.3, -0.25) is 4.79 Å². The van der Waals surface area contributed by atoms with Crippen molar-refractivity contribution < 1.29 is 4.79 Å². The van der Waals surface area contributed by atoms with E-state index in [-0.39, 0.29) is 5.91 Å². The molecule has 0 aromatic rings. The van der Waals surface area contributed by atoms with Crippen LogP contribution < -0.4 is 11.1 Å². The number of rotatable bonds is 12. The second kappa shape index (κ2) is 8.71. The fraction of sp³-hybridized carbons (Fsp3) is 0.938. The van der Waals surface area contributed by atoms with Gasteiger partial charge in [-0.05, 0) is 71.9 Å². The quantitative estimate of drug-likeness (QED) is 0.562. The SMILES string of the molecule is CCCNC(CN(CC)CCCN(C)C)(C(N)=O)C1CC1. The molecule has 21 heavy (non-hydrogen) atoms. The van der Waals surface area contributed by atoms with E-state index in [1.807, 2.05) is 0 Å². The van der Waals surface area contributed by atoms with E-state index in [1.54, 1.807) is 0 Å². The van der Waals surface area contributed by atoms with Gasteiger partial charge in [0.15, 0.2) is 0 Å². The largest absolute Gasteiger partial charge is 0.368 e. The minimum absolute atomic E-state index is 0.176. The molecule has 1 fully saturated rings. The summed E-state index contributed by atoms with van der Waals surface area (Å²) < 4.78 is 0. The molecule has 0 radical (unpaired) electrons. The van der Waals surface area contributed by atoms with Crippen LogP contribution in [0.2, 0.25) is 0 Å². The molecule has 1 aliphatic carbocycles. The number of likely N-dealkylation sites (N-methyl/N-ethyl adjacent to an activating group) is 1. The molecule has 0 heterocycles. The second-order valence-corrected chi connectivity index (χ2v) is 6.56. The fourth-order valence-corrected chi connectivity index (χ4v) is 2.93. The van der Waals surface area contributed by atoms with Crippen LogP contribution in [0.4, 0.5) is 0 Å². The molecule has 0 aliphatic heterocycles. The number of primary amides is 1. The molecule has 1 saturated carbocycles. The third-order valence-corrected chi connectivity index (χ3v) is 4.40. The van der Waals surface area contributed by atoms with Gasteiger partial charge >= 0.3 is 0 Å². The Morgan fingerprint density at radius 3 is 2.38 bits per heavy atom. The van der Waals surface area contributed by atoms with Gasteiger partial charge in [-0.1, -0.05) is 13.8 Å². The molecule has 1 rings (SSSR count). The average Bonchev–Trinajstić information content (AvgIpc) is 3.25. The summed E-state index contributed by atoms with van der Waals surface area (Å²) >= 11 is 0. The monoisotopic (exact) mass is 298 g/mol. The van der Waals surface area contributed by atoms with Gasteiger partial charge in [0.25, 0.3) is 0 Å². The zero-order valence-corrected chi connectivity index (χ0v) is 14.3. The number of nitrogens with one attached hydrogen (secondary N) is 1. The van der Waals surface area contributed by atoms with Crippen molar-refractivity contribution in [3.63, 3.8) is 0 Å². The summed E-state index contributed by atoms with van der Waals surface area (Å²) in [6, 6.07) is 0. The smallest absolute Gasteiger partial charge is 0.239 e. The van der Waals surface area contributed by atoms with E-state index in [0.717, 1.165) is 58.4 Å². The second-order valence-electron chi connectivity index (χ2n) is 6.56. The van der Waals surface area contributed by atoms with Gasteiger partial charge in [-0.15, -0.1) is 0 Å². The molecule has 1 amide bonds. The van der Waals surface area contributed by atoms with E-state index in [9.17, 15) is 4.79 Å². The van der Waals surface area contributed by atoms with E-state index in [0.29, 0.717) is 5.92 Å². The fourth-order valence-electron chi connectivity index (χ4n) is 2.93. The van der Waals surface area contributed by atoms with Crippen molar-refractivity contribution in [3.05, 3.63) is 0 Å². The maximum absolute atomic E-state index is 12.2. The Morgan fingerprint density at radius 2 is 1.95 bits per heavy atom. The summed E-state index contributed by atoms with van der Waals surface area (Å²) in [5.41, 5.74) is 5.27. The lowest BCUT2D eigenvalue weighted by Crippen LogP contribution is -2.63. The molecule has 124 valence electrons. The standard InChI is InChI=1S/C16H34N4O/c1-5-10-18-16(15(17)21,14-8-9-14)13-20(6-2)12-7-11-19(3)4/h14,18H,5-13H2,1-4H3,(H2,17,21). The predicted octanol–water partition coefficient (Wildman–Crippen LogP) is 0.894. The van der Waals surface area contributed by atoms with Crippen LogP contribution in [0, 0.1) is 5.92 Å². The highest BCUT2D eigenvalue weighted by molar-refractivity contribution is 5.86. The molecular weight excluding hydrogens is 264 g/mol. The Kier molecular flexibility index (Phi) is 7.63. The first-order valence-corrected chi connectivity index (χ1v) is 8.38. The average molecular weight is 298 g/mol. The summed E-state index contributed by atoms with van der Waals surface area (Å²) in [5.74, 6) is 0.244. The normalized spacial score (nSPS) is 18.2. The molecule has 5 nitrogen and oxygen atoms in total. The third kappa shape index (κ3) is 5.57. The molecular formula is C16H34N4O. The number of nitrogens with two attached hydrogens (primary N) is 1. The maximum atomic E-state index is 12.2. The van der Waals surface area contributed by atoms with Gasteiger partial charge in [0, 0.05) is 6.54 Å². The van der Waals surface area contributed by atoms with Crippen molar-refractivity contribution in [3.8, 4) is 0 Å². The Bertz CT molecular complexity index is 317. The van der Waals surface area contributed by atoms with E-state index in [4.69, 9.17) is 5.73 Å². The lowest BCUT2D eigenvalue weighted by atomic mass is 9.91. The van der Waals surface area contributed by atoms with Crippen molar-refractivity contribution in [2.45, 2.75) is 45.1 Å². The number of nitrogens with zero attached hydrogens (tertiary/aromatic N) is 2. The first-order chi connectivity index (χ1) is 9.96. The summed E-state index contributed by atoms with van der Waals surface area (Å²) in [4.78, 5) is 16.7. The first kappa shape index (κ1) is 18.4. The minimum Gasteiger partial charge on any atom is -0.368 e. The lowest BCUT2D eigenvalue weighted by molar-refractivity contribution is -0.126. The molecule has 0 saturated heterocycles. The number of hydrogen-bond donors (Lipinski definition) is 2. The van der Waals surface area contributed by atoms with Crippen molar-refractivity contribution >= 4 is 5.91 Å². The van der Waals surface area contributed by atoms with Crippen molar-refractivity contribution in [1.82, 2.24) is 15.1 Å². The van der Waals surface area contributed by atoms with Crippen LogP contribution >= 0.6 is 0 Å². The number of carbonyl (C=O) groups is 1. The topological polar surface area (TPSA) is 61.6 Å². The van der Waals surface area contributed by atoms with Crippen LogP contribution in [0.5, 0.6) is 0 Å². The van der Waals surface area contributed by atoms with Gasteiger partial charge in [-0.25, -0.2) is 0 Å². The van der Waals surface area contributed by atoms with Crippen molar-refractivity contribution in [2.24, 2.45) is 11.7 Å². The number of carbonyl (C=O) groups excluding carboxylic acids is 1. The van der Waals surface area contributed by atoms with Gasteiger partial charge in [-0.2, -0.15) is 0 Å². The maximum Gasteiger partial charge on any atom is 0.239 e. The van der Waals surface area contributed by atoms with E-state index in [1.165, 1.54) is 0 Å². The number of hydrogen-bond acceptors (Lipinski definition) is 4. The molecule has 1 unspecified atom stereocenters. The molecule has 1 atom stereocenters.